The van der Waals surface area contributed by atoms with Crippen molar-refractivity contribution < 1.29 is 18.8 Å². The van der Waals surface area contributed by atoms with Crippen molar-refractivity contribution in [3.8, 4) is 0 Å². The van der Waals surface area contributed by atoms with Gasteiger partial charge in [-0.1, -0.05) is 38.1 Å². The highest BCUT2D eigenvalue weighted by molar-refractivity contribution is 7.18. The number of ether oxygens (including phenoxy) is 1. The molecule has 0 bridgehead atoms. The van der Waals surface area contributed by atoms with Crippen LogP contribution in [0.3, 0.4) is 0 Å². The molecule has 0 unspecified atom stereocenters. The highest BCUT2D eigenvalue weighted by Gasteiger charge is 2.20. The van der Waals surface area contributed by atoms with E-state index >= 15 is 0 Å². The highest BCUT2D eigenvalue weighted by Crippen LogP contribution is 2.24. The van der Waals surface area contributed by atoms with Gasteiger partial charge < -0.3 is 9.26 Å². The quantitative estimate of drug-likeness (QED) is 0.599. The third-order valence-corrected chi connectivity index (χ3v) is 5.11. The minimum Gasteiger partial charge on any atom is -0.456 e. The first-order valence-electron chi connectivity index (χ1n) is 9.08. The molecule has 3 aromatic rings. The van der Waals surface area contributed by atoms with Crippen LogP contribution in [-0.4, -0.2) is 28.6 Å². The van der Waals surface area contributed by atoms with Gasteiger partial charge in [0.1, 0.15) is 0 Å². The molecule has 7 nitrogen and oxygen atoms in total. The number of hydrogen-bond donors (Lipinski definition) is 1. The van der Waals surface area contributed by atoms with E-state index in [1.807, 2.05) is 45.0 Å². The minimum atomic E-state index is -0.462. The van der Waals surface area contributed by atoms with E-state index in [1.165, 1.54) is 0 Å². The maximum atomic E-state index is 11.9. The van der Waals surface area contributed by atoms with Crippen molar-refractivity contribution in [3.63, 3.8) is 0 Å². The summed E-state index contributed by atoms with van der Waals surface area (Å²) in [5.74, 6) is -0.637. The molecule has 0 saturated heterocycles. The summed E-state index contributed by atoms with van der Waals surface area (Å²) in [5.41, 5.74) is 1.53. The zero-order chi connectivity index (χ0) is 20.1. The first-order chi connectivity index (χ1) is 13.3. The molecule has 28 heavy (non-hydrogen) atoms. The summed E-state index contributed by atoms with van der Waals surface area (Å²) < 4.78 is 11.2. The van der Waals surface area contributed by atoms with E-state index in [0.717, 1.165) is 20.9 Å². The number of carbonyl (C=O) groups is 2. The summed E-state index contributed by atoms with van der Waals surface area (Å²) in [5, 5.41) is 7.44. The molecule has 1 aromatic carbocycles. The van der Waals surface area contributed by atoms with Crippen molar-refractivity contribution in [1.29, 1.82) is 0 Å². The van der Waals surface area contributed by atoms with Gasteiger partial charge in [-0.15, -0.1) is 11.3 Å². The summed E-state index contributed by atoms with van der Waals surface area (Å²) in [6.45, 7) is 5.62. The SMILES string of the molecule is CC(C)(C)c1cc(NC(=O)COC(=O)CCCc2nc3ccccc3s2)on1. The summed E-state index contributed by atoms with van der Waals surface area (Å²) in [4.78, 5) is 28.3. The Labute approximate surface area is 167 Å². The Morgan fingerprint density at radius 3 is 2.75 bits per heavy atom. The van der Waals surface area contributed by atoms with Crippen molar-refractivity contribution in [2.24, 2.45) is 0 Å². The number of aryl methyl sites for hydroxylation is 1. The predicted molar refractivity (Wildman–Crippen MR) is 107 cm³/mol. The minimum absolute atomic E-state index is 0.178. The zero-order valence-electron chi connectivity index (χ0n) is 16.2. The fourth-order valence-corrected chi connectivity index (χ4v) is 3.50. The molecule has 2 aromatic heterocycles. The Morgan fingerprint density at radius 2 is 2.04 bits per heavy atom. The molecule has 0 fully saturated rings. The van der Waals surface area contributed by atoms with E-state index in [0.29, 0.717) is 12.8 Å². The smallest absolute Gasteiger partial charge is 0.306 e. The number of anilines is 1. The number of benzene rings is 1. The molecule has 0 saturated carbocycles. The largest absolute Gasteiger partial charge is 0.456 e. The van der Waals surface area contributed by atoms with Gasteiger partial charge in [0.25, 0.3) is 5.91 Å². The van der Waals surface area contributed by atoms with Crippen LogP contribution in [0.25, 0.3) is 10.2 Å². The molecule has 1 amide bonds. The zero-order valence-corrected chi connectivity index (χ0v) is 17.0. The number of carbonyl (C=O) groups excluding carboxylic acids is 2. The van der Waals surface area contributed by atoms with Crippen LogP contribution in [0, 0.1) is 0 Å². The third-order valence-electron chi connectivity index (χ3n) is 4.02. The Morgan fingerprint density at radius 1 is 1.25 bits per heavy atom. The number of hydrogen-bond acceptors (Lipinski definition) is 7. The van der Waals surface area contributed by atoms with Gasteiger partial charge in [0, 0.05) is 17.9 Å². The maximum absolute atomic E-state index is 11.9. The maximum Gasteiger partial charge on any atom is 0.306 e. The van der Waals surface area contributed by atoms with Gasteiger partial charge in [-0.3, -0.25) is 14.9 Å². The molecule has 3 rings (SSSR count). The monoisotopic (exact) mass is 401 g/mol. The van der Waals surface area contributed by atoms with Crippen molar-refractivity contribution in [2.75, 3.05) is 11.9 Å². The average Bonchev–Trinajstić information content (AvgIpc) is 3.26. The van der Waals surface area contributed by atoms with Crippen LogP contribution < -0.4 is 5.32 Å². The summed E-state index contributed by atoms with van der Waals surface area (Å²) >= 11 is 1.63. The topological polar surface area (TPSA) is 94.3 Å². The van der Waals surface area contributed by atoms with Gasteiger partial charge in [0.05, 0.1) is 20.9 Å². The first kappa shape index (κ1) is 20.0. The number of fused-ring (bicyclic) bond motifs is 1. The Kier molecular flexibility index (Phi) is 6.08. The van der Waals surface area contributed by atoms with Crippen LogP contribution in [0.2, 0.25) is 0 Å². The van der Waals surface area contributed by atoms with Crippen LogP contribution in [-0.2, 0) is 26.2 Å². The number of rotatable bonds is 7. The van der Waals surface area contributed by atoms with Gasteiger partial charge in [0.2, 0.25) is 5.88 Å². The van der Waals surface area contributed by atoms with Crippen molar-refractivity contribution in [3.05, 3.63) is 41.0 Å². The van der Waals surface area contributed by atoms with Crippen LogP contribution in [0.4, 0.5) is 5.88 Å². The number of amides is 1. The summed E-state index contributed by atoms with van der Waals surface area (Å²) in [6.07, 6.45) is 1.56. The van der Waals surface area contributed by atoms with Gasteiger partial charge >= 0.3 is 5.97 Å². The summed E-state index contributed by atoms with van der Waals surface area (Å²) in [7, 11) is 0. The molecule has 0 aliphatic carbocycles. The molecule has 0 spiro atoms. The molecule has 0 aliphatic heterocycles. The fraction of sp³-hybridized carbons (Fsp3) is 0.400. The molecular formula is C20H23N3O4S. The van der Waals surface area contributed by atoms with Gasteiger partial charge in [0.15, 0.2) is 6.61 Å². The number of nitrogens with zero attached hydrogens (tertiary/aromatic N) is 2. The highest BCUT2D eigenvalue weighted by atomic mass is 32.1. The molecule has 0 aliphatic rings. The molecule has 0 atom stereocenters. The molecule has 2 heterocycles. The van der Waals surface area contributed by atoms with Crippen LogP contribution in [0.15, 0.2) is 34.9 Å². The number of para-hydroxylation sites is 1. The van der Waals surface area contributed by atoms with Crippen molar-refractivity contribution >= 4 is 39.3 Å². The lowest BCUT2D eigenvalue weighted by molar-refractivity contribution is -0.147. The lowest BCUT2D eigenvalue weighted by atomic mass is 9.92. The van der Waals surface area contributed by atoms with Gasteiger partial charge in [-0.2, -0.15) is 0 Å². The van der Waals surface area contributed by atoms with Crippen LogP contribution in [0.5, 0.6) is 0 Å². The predicted octanol–water partition coefficient (Wildman–Crippen LogP) is 4.09. The van der Waals surface area contributed by atoms with E-state index in [2.05, 4.69) is 15.5 Å². The Hall–Kier alpha value is -2.74. The normalized spacial score (nSPS) is 11.5. The Bertz CT molecular complexity index is 938. The Balaban J connectivity index is 1.37. The van der Waals surface area contributed by atoms with Crippen molar-refractivity contribution in [1.82, 2.24) is 10.1 Å². The van der Waals surface area contributed by atoms with Gasteiger partial charge in [-0.05, 0) is 25.0 Å². The number of aromatic nitrogens is 2. The average molecular weight is 401 g/mol. The molecule has 0 radical (unpaired) electrons. The fourth-order valence-electron chi connectivity index (χ4n) is 2.49. The van der Waals surface area contributed by atoms with E-state index in [9.17, 15) is 9.59 Å². The lowest BCUT2D eigenvalue weighted by Crippen LogP contribution is -2.20. The number of thiazole rings is 1. The first-order valence-corrected chi connectivity index (χ1v) is 9.90. The second-order valence-corrected chi connectivity index (χ2v) is 8.58. The standard InChI is InChI=1S/C20H23N3O4S/c1-20(2,3)15-11-17(27-23-15)22-16(24)12-26-19(25)10-6-9-18-21-13-7-4-5-8-14(13)28-18/h4-5,7-8,11H,6,9-10,12H2,1-3H3,(H,22,24). The van der Waals surface area contributed by atoms with E-state index < -0.39 is 11.9 Å². The number of esters is 1. The third kappa shape index (κ3) is 5.39. The lowest BCUT2D eigenvalue weighted by Gasteiger charge is -2.12. The van der Waals surface area contributed by atoms with Crippen LogP contribution in [0.1, 0.15) is 44.3 Å². The second kappa shape index (κ2) is 8.52. The molecule has 8 heteroatoms. The summed E-state index contributed by atoms with van der Waals surface area (Å²) in [6, 6.07) is 9.60. The second-order valence-electron chi connectivity index (χ2n) is 7.46. The van der Waals surface area contributed by atoms with Gasteiger partial charge in [-0.25, -0.2) is 4.98 Å². The molecular weight excluding hydrogens is 378 g/mol. The van der Waals surface area contributed by atoms with E-state index in [1.54, 1.807) is 17.4 Å². The van der Waals surface area contributed by atoms with Crippen molar-refractivity contribution in [2.45, 2.75) is 45.4 Å². The molecule has 148 valence electrons. The van der Waals surface area contributed by atoms with E-state index in [-0.39, 0.29) is 24.3 Å². The molecule has 1 N–H and O–H groups in total. The van der Waals surface area contributed by atoms with E-state index in [4.69, 9.17) is 9.26 Å². The number of nitrogens with one attached hydrogen (secondary N) is 1. The van der Waals surface area contributed by atoms with Crippen LogP contribution >= 0.6 is 11.3 Å².